The van der Waals surface area contributed by atoms with Gasteiger partial charge in [-0.3, -0.25) is 9.89 Å². The minimum absolute atomic E-state index is 0.269. The van der Waals surface area contributed by atoms with Crippen LogP contribution in [0.4, 0.5) is 0 Å². The highest BCUT2D eigenvalue weighted by Gasteiger charge is 2.19. The number of nitrogens with one attached hydrogen (secondary N) is 2. The van der Waals surface area contributed by atoms with E-state index in [2.05, 4.69) is 66.4 Å². The first-order chi connectivity index (χ1) is 11.6. The summed E-state index contributed by atoms with van der Waals surface area (Å²) in [6.45, 7) is 11.5. The van der Waals surface area contributed by atoms with Crippen molar-refractivity contribution in [1.82, 2.24) is 15.5 Å². The molecule has 1 rings (SSSR count). The Kier molecular flexibility index (Phi) is 9.23. The quantitative estimate of drug-likeness (QED) is 0.538. The van der Waals surface area contributed by atoms with Gasteiger partial charge in [0.2, 0.25) is 0 Å². The van der Waals surface area contributed by atoms with Crippen molar-refractivity contribution in [2.75, 3.05) is 33.8 Å². The summed E-state index contributed by atoms with van der Waals surface area (Å²) < 4.78 is 5.39. The molecule has 0 fully saturated rings. The molecule has 0 amide bonds. The smallest absolute Gasteiger partial charge is 0.191 e. The van der Waals surface area contributed by atoms with Crippen LogP contribution in [0.1, 0.15) is 45.7 Å². The Bertz CT molecular complexity index is 500. The molecule has 2 N–H and O–H groups in total. The summed E-state index contributed by atoms with van der Waals surface area (Å²) >= 11 is 0. The lowest BCUT2D eigenvalue weighted by molar-refractivity contribution is 0.218. The molecule has 0 aliphatic rings. The zero-order valence-corrected chi connectivity index (χ0v) is 16.1. The number of ether oxygens (including phenoxy) is 1. The molecule has 0 aromatic heterocycles. The highest BCUT2D eigenvalue weighted by atomic mass is 16.5. The summed E-state index contributed by atoms with van der Waals surface area (Å²) in [7, 11) is 3.53. The van der Waals surface area contributed by atoms with E-state index in [0.717, 1.165) is 37.8 Å². The summed E-state index contributed by atoms with van der Waals surface area (Å²) in [5.41, 5.74) is 1.25. The van der Waals surface area contributed by atoms with Gasteiger partial charge in [-0.15, -0.1) is 0 Å². The van der Waals surface area contributed by atoms with Crippen molar-refractivity contribution in [3.05, 3.63) is 29.8 Å². The van der Waals surface area contributed by atoms with Crippen molar-refractivity contribution < 1.29 is 4.74 Å². The molecule has 5 heteroatoms. The minimum Gasteiger partial charge on any atom is -0.497 e. The summed E-state index contributed by atoms with van der Waals surface area (Å²) in [5, 5.41) is 6.89. The Morgan fingerprint density at radius 3 is 2.50 bits per heavy atom. The number of benzene rings is 1. The van der Waals surface area contributed by atoms with Gasteiger partial charge in [0.15, 0.2) is 5.96 Å². The molecule has 2 unspecified atom stereocenters. The average molecular weight is 335 g/mol. The van der Waals surface area contributed by atoms with Crippen LogP contribution in [0.5, 0.6) is 5.75 Å². The fraction of sp³-hybridized carbons (Fsp3) is 0.632. The lowest BCUT2D eigenvalue weighted by atomic mass is 10.0. The van der Waals surface area contributed by atoms with Crippen molar-refractivity contribution in [2.45, 2.75) is 46.2 Å². The monoisotopic (exact) mass is 334 g/mol. The van der Waals surface area contributed by atoms with Gasteiger partial charge in [-0.05, 0) is 44.1 Å². The molecule has 0 saturated carbocycles. The first-order valence-corrected chi connectivity index (χ1v) is 8.94. The second-order valence-corrected chi connectivity index (χ2v) is 5.92. The highest BCUT2D eigenvalue weighted by molar-refractivity contribution is 5.79. The minimum atomic E-state index is 0.269. The molecule has 5 nitrogen and oxygen atoms in total. The van der Waals surface area contributed by atoms with Gasteiger partial charge in [-0.2, -0.15) is 0 Å². The number of hydrogen-bond donors (Lipinski definition) is 2. The van der Waals surface area contributed by atoms with E-state index < -0.39 is 0 Å². The lowest BCUT2D eigenvalue weighted by Gasteiger charge is -2.31. The van der Waals surface area contributed by atoms with Gasteiger partial charge in [0, 0.05) is 19.6 Å². The van der Waals surface area contributed by atoms with Crippen molar-refractivity contribution in [2.24, 2.45) is 4.99 Å². The molecular weight excluding hydrogens is 300 g/mol. The maximum absolute atomic E-state index is 5.39. The van der Waals surface area contributed by atoms with Gasteiger partial charge in [-0.1, -0.05) is 32.9 Å². The molecule has 0 aliphatic heterocycles. The number of hydrogen-bond acceptors (Lipinski definition) is 3. The Balaban J connectivity index is 2.90. The van der Waals surface area contributed by atoms with E-state index in [0.29, 0.717) is 6.04 Å². The van der Waals surface area contributed by atoms with Crippen LogP contribution in [0.15, 0.2) is 29.3 Å². The van der Waals surface area contributed by atoms with E-state index in [1.165, 1.54) is 5.56 Å². The first-order valence-electron chi connectivity index (χ1n) is 8.94. The predicted molar refractivity (Wildman–Crippen MR) is 103 cm³/mol. The largest absolute Gasteiger partial charge is 0.497 e. The van der Waals surface area contributed by atoms with E-state index in [9.17, 15) is 0 Å². The molecule has 24 heavy (non-hydrogen) atoms. The number of likely N-dealkylation sites (N-methyl/N-ethyl adjacent to an activating group) is 1. The van der Waals surface area contributed by atoms with Crippen LogP contribution in [0.3, 0.4) is 0 Å². The average Bonchev–Trinajstić information content (AvgIpc) is 2.63. The fourth-order valence-electron chi connectivity index (χ4n) is 2.69. The maximum atomic E-state index is 5.39. The van der Waals surface area contributed by atoms with Crippen LogP contribution in [0.25, 0.3) is 0 Å². The summed E-state index contributed by atoms with van der Waals surface area (Å²) in [4.78, 5) is 6.78. The molecule has 0 radical (unpaired) electrons. The van der Waals surface area contributed by atoms with Crippen LogP contribution in [0.2, 0.25) is 0 Å². The number of nitrogens with zero attached hydrogens (tertiary/aromatic N) is 2. The van der Waals surface area contributed by atoms with Crippen LogP contribution in [0, 0.1) is 0 Å². The standard InChI is InChI=1S/C19H34N4O/c1-7-15(4)22-19(20-5)21-14-18(23(8-2)9-3)16-11-10-12-17(13-16)24-6/h10-13,15,18H,7-9,14H2,1-6H3,(H2,20,21,22). The maximum Gasteiger partial charge on any atom is 0.191 e. The Labute approximate surface area is 147 Å². The highest BCUT2D eigenvalue weighted by Crippen LogP contribution is 2.23. The van der Waals surface area contributed by atoms with Gasteiger partial charge in [0.1, 0.15) is 5.75 Å². The Hall–Kier alpha value is -1.75. The van der Waals surface area contributed by atoms with E-state index in [1.54, 1.807) is 7.11 Å². The van der Waals surface area contributed by atoms with Crippen LogP contribution in [-0.4, -0.2) is 50.7 Å². The molecule has 136 valence electrons. The van der Waals surface area contributed by atoms with Crippen molar-refractivity contribution in [3.63, 3.8) is 0 Å². The summed E-state index contributed by atoms with van der Waals surface area (Å²) in [6.07, 6.45) is 1.07. The molecule has 1 aromatic rings. The second kappa shape index (κ2) is 10.9. The normalized spacial score (nSPS) is 14.4. The van der Waals surface area contributed by atoms with Gasteiger partial charge in [0.05, 0.1) is 13.2 Å². The summed E-state index contributed by atoms with van der Waals surface area (Å²) in [6, 6.07) is 9.00. The zero-order chi connectivity index (χ0) is 17.9. The number of aliphatic imine (C=N–C) groups is 1. The zero-order valence-electron chi connectivity index (χ0n) is 16.1. The van der Waals surface area contributed by atoms with Crippen LogP contribution in [-0.2, 0) is 0 Å². The van der Waals surface area contributed by atoms with Crippen molar-refractivity contribution in [1.29, 1.82) is 0 Å². The lowest BCUT2D eigenvalue weighted by Crippen LogP contribution is -2.45. The molecule has 0 aliphatic carbocycles. The Morgan fingerprint density at radius 1 is 1.25 bits per heavy atom. The third kappa shape index (κ3) is 6.04. The third-order valence-electron chi connectivity index (χ3n) is 4.41. The SMILES string of the molecule is CCC(C)NC(=NC)NCC(c1cccc(OC)c1)N(CC)CC. The molecule has 1 aromatic carbocycles. The van der Waals surface area contributed by atoms with Gasteiger partial charge in [-0.25, -0.2) is 0 Å². The first kappa shape index (κ1) is 20.3. The fourth-order valence-corrected chi connectivity index (χ4v) is 2.69. The number of methoxy groups -OCH3 is 1. The number of rotatable bonds is 9. The molecule has 0 spiro atoms. The van der Waals surface area contributed by atoms with Crippen molar-refractivity contribution >= 4 is 5.96 Å². The molecule has 0 saturated heterocycles. The second-order valence-electron chi connectivity index (χ2n) is 5.92. The van der Waals surface area contributed by atoms with Crippen LogP contribution < -0.4 is 15.4 Å². The molecular formula is C19H34N4O. The van der Waals surface area contributed by atoms with E-state index in [1.807, 2.05) is 13.1 Å². The van der Waals surface area contributed by atoms with E-state index in [-0.39, 0.29) is 6.04 Å². The predicted octanol–water partition coefficient (Wildman–Crippen LogP) is 3.04. The van der Waals surface area contributed by atoms with E-state index >= 15 is 0 Å². The van der Waals surface area contributed by atoms with E-state index in [4.69, 9.17) is 4.74 Å². The molecule has 0 bridgehead atoms. The van der Waals surface area contributed by atoms with Gasteiger partial charge < -0.3 is 15.4 Å². The molecule has 2 atom stereocenters. The van der Waals surface area contributed by atoms with Gasteiger partial charge in [0.25, 0.3) is 0 Å². The summed E-state index contributed by atoms with van der Waals surface area (Å²) in [5.74, 6) is 1.75. The topological polar surface area (TPSA) is 48.9 Å². The molecule has 0 heterocycles. The van der Waals surface area contributed by atoms with Crippen molar-refractivity contribution in [3.8, 4) is 5.75 Å². The van der Waals surface area contributed by atoms with Crippen LogP contribution >= 0.6 is 0 Å². The van der Waals surface area contributed by atoms with Gasteiger partial charge >= 0.3 is 0 Å². The third-order valence-corrected chi connectivity index (χ3v) is 4.41. The Morgan fingerprint density at radius 2 is 1.96 bits per heavy atom. The number of guanidine groups is 1.